The Kier molecular flexibility index (Phi) is 8.89. The maximum absolute atomic E-state index is 13.4. The second-order valence-electron chi connectivity index (χ2n) is 9.78. The fourth-order valence-electron chi connectivity index (χ4n) is 4.50. The van der Waals surface area contributed by atoms with Crippen LogP contribution < -0.4 is 4.72 Å². The molecule has 0 bridgehead atoms. The van der Waals surface area contributed by atoms with E-state index in [1.54, 1.807) is 16.8 Å². The predicted octanol–water partition coefficient (Wildman–Crippen LogP) is 6.26. The molecule has 1 aliphatic heterocycles. The van der Waals surface area contributed by atoms with Gasteiger partial charge in [0.05, 0.1) is 11.4 Å². The molecule has 0 saturated carbocycles. The summed E-state index contributed by atoms with van der Waals surface area (Å²) in [5.74, 6) is 1.13. The molecule has 1 aromatic heterocycles. The van der Waals surface area contributed by atoms with E-state index in [2.05, 4.69) is 35.6 Å². The second-order valence-corrected chi connectivity index (χ2v) is 12.3. The lowest BCUT2D eigenvalue weighted by atomic mass is 9.91. The first-order valence-corrected chi connectivity index (χ1v) is 14.0. The largest absolute Gasteiger partial charge is 0.349 e. The highest BCUT2D eigenvalue weighted by Gasteiger charge is 2.38. The van der Waals surface area contributed by atoms with Gasteiger partial charge in [0, 0.05) is 7.05 Å². The Balaban J connectivity index is 1.73. The van der Waals surface area contributed by atoms with Crippen LogP contribution in [0.4, 0.5) is 5.69 Å². The van der Waals surface area contributed by atoms with Crippen molar-refractivity contribution in [1.29, 1.82) is 0 Å². The molecule has 0 spiro atoms. The van der Waals surface area contributed by atoms with Gasteiger partial charge in [-0.15, -0.1) is 0 Å². The van der Waals surface area contributed by atoms with E-state index in [9.17, 15) is 8.76 Å². The molecule has 1 atom stereocenters. The molecule has 2 heterocycles. The number of nitrogens with one attached hydrogen (secondary N) is 1. The lowest BCUT2D eigenvalue weighted by molar-refractivity contribution is 0.210. The highest BCUT2D eigenvalue weighted by atomic mass is 35.5. The van der Waals surface area contributed by atoms with E-state index in [-0.39, 0.29) is 14.9 Å². The summed E-state index contributed by atoms with van der Waals surface area (Å²) in [6.07, 6.45) is 6.29. The number of hydrogen-bond acceptors (Lipinski definition) is 3. The van der Waals surface area contributed by atoms with Crippen molar-refractivity contribution in [1.82, 2.24) is 14.7 Å². The summed E-state index contributed by atoms with van der Waals surface area (Å²) in [6, 6.07) is 3.56. The molecule has 2 N–H and O–H groups in total. The first-order chi connectivity index (χ1) is 15.5. The van der Waals surface area contributed by atoms with E-state index in [1.807, 2.05) is 14.0 Å². The van der Waals surface area contributed by atoms with Gasteiger partial charge in [-0.2, -0.15) is 14.4 Å². The number of aryl methyl sites for hydroxylation is 2. The lowest BCUT2D eigenvalue weighted by Crippen LogP contribution is -2.30. The summed E-state index contributed by atoms with van der Waals surface area (Å²) in [5.41, 5.74) is 3.10. The fraction of sp³-hybridized carbons (Fsp3) is 0.625. The third-order valence-electron chi connectivity index (χ3n) is 6.50. The summed E-state index contributed by atoms with van der Waals surface area (Å²) in [4.78, 5) is 2.41. The molecule has 0 amide bonds. The highest BCUT2D eigenvalue weighted by molar-refractivity contribution is 7.99. The number of aromatic nitrogens is 2. The number of anilines is 1. The zero-order chi connectivity index (χ0) is 24.3. The average Bonchev–Trinajstić information content (AvgIpc) is 2.95. The monoisotopic (exact) mass is 515 g/mol. The van der Waals surface area contributed by atoms with Crippen molar-refractivity contribution >= 4 is 39.3 Å². The molecular weight excluding hydrogens is 479 g/mol. The van der Waals surface area contributed by atoms with Crippen molar-refractivity contribution in [2.24, 2.45) is 18.9 Å². The normalized spacial score (nSPS) is 17.5. The Morgan fingerprint density at radius 2 is 1.82 bits per heavy atom. The molecule has 1 aromatic carbocycles. The zero-order valence-corrected chi connectivity index (χ0v) is 22.7. The summed E-state index contributed by atoms with van der Waals surface area (Å²) >= 11 is 13.0. The summed E-state index contributed by atoms with van der Waals surface area (Å²) < 4.78 is 28.9. The van der Waals surface area contributed by atoms with Crippen LogP contribution in [-0.4, -0.2) is 39.4 Å². The van der Waals surface area contributed by atoms with E-state index in [1.165, 1.54) is 32.4 Å². The summed E-state index contributed by atoms with van der Waals surface area (Å²) in [5, 5.41) is 4.94. The molecule has 3 rings (SSSR count). The van der Waals surface area contributed by atoms with Gasteiger partial charge in [-0.25, -0.2) is 0 Å². The Hall–Kier alpha value is -1.12. The second kappa shape index (κ2) is 11.1. The number of rotatable bonds is 9. The minimum atomic E-state index is -3.72. The van der Waals surface area contributed by atoms with Crippen LogP contribution in [0.3, 0.4) is 0 Å². The number of halogens is 2. The van der Waals surface area contributed by atoms with Gasteiger partial charge in [-0.3, -0.25) is 4.68 Å². The maximum Gasteiger partial charge on any atom is 0.349 e. The van der Waals surface area contributed by atoms with Gasteiger partial charge in [0.25, 0.3) is 4.90 Å². The SMILES string of the molecule is Cc1c(N[S+](=O)(O)c2c(Cl)cc(CCCC3CCN(C)CC3)cc2Cl)c(CC(C)C)nn1C. The van der Waals surface area contributed by atoms with Crippen LogP contribution in [0.5, 0.6) is 0 Å². The number of benzene rings is 1. The van der Waals surface area contributed by atoms with E-state index in [0.29, 0.717) is 18.0 Å². The number of hydrogen-bond donors (Lipinski definition) is 2. The molecule has 0 aliphatic carbocycles. The van der Waals surface area contributed by atoms with Crippen molar-refractivity contribution in [2.75, 3.05) is 24.9 Å². The third-order valence-corrected chi connectivity index (χ3v) is 8.79. The molecule has 0 radical (unpaired) electrons. The van der Waals surface area contributed by atoms with Crippen LogP contribution in [0.1, 0.15) is 56.5 Å². The molecule has 1 aliphatic rings. The fourth-order valence-corrected chi connectivity index (χ4v) is 6.95. The molecule has 2 aromatic rings. The number of piperidine rings is 1. The van der Waals surface area contributed by atoms with Crippen LogP contribution in [-0.2, 0) is 34.5 Å². The van der Waals surface area contributed by atoms with Crippen molar-refractivity contribution in [3.05, 3.63) is 39.1 Å². The maximum atomic E-state index is 13.4. The number of nitrogens with zero attached hydrogens (tertiary/aromatic N) is 3. The van der Waals surface area contributed by atoms with E-state index in [4.69, 9.17) is 23.2 Å². The van der Waals surface area contributed by atoms with Gasteiger partial charge in [0.2, 0.25) is 0 Å². The predicted molar refractivity (Wildman–Crippen MR) is 139 cm³/mol. The topological polar surface area (TPSA) is 70.4 Å². The summed E-state index contributed by atoms with van der Waals surface area (Å²) in [7, 11) is 0.277. The van der Waals surface area contributed by atoms with Crippen LogP contribution in [0.15, 0.2) is 17.0 Å². The van der Waals surface area contributed by atoms with Gasteiger partial charge in [0.15, 0.2) is 0 Å². The van der Waals surface area contributed by atoms with Crippen molar-refractivity contribution in [3.63, 3.8) is 0 Å². The van der Waals surface area contributed by atoms with E-state index in [0.717, 1.165) is 35.7 Å². The molecule has 1 unspecified atom stereocenters. The Morgan fingerprint density at radius 3 is 2.39 bits per heavy atom. The Morgan fingerprint density at radius 1 is 1.21 bits per heavy atom. The Labute approximate surface area is 209 Å². The Bertz CT molecular complexity index is 993. The standard InChI is InChI=1S/C24H36Cl2N4O2S/c1-16(2)13-22-23(17(3)30(5)27-22)28-33(31,32)24-20(25)14-19(15-21(24)26)8-6-7-18-9-11-29(4)12-10-18/h14-16,18H,6-13H2,1-5H3,(H-,28,31,32)/p+1. The molecule has 33 heavy (non-hydrogen) atoms. The van der Waals surface area contributed by atoms with Gasteiger partial charge in [0.1, 0.15) is 15.7 Å². The van der Waals surface area contributed by atoms with Crippen molar-refractivity contribution < 1.29 is 8.76 Å². The lowest BCUT2D eigenvalue weighted by Gasteiger charge is -2.28. The van der Waals surface area contributed by atoms with Gasteiger partial charge in [-0.1, -0.05) is 43.5 Å². The highest BCUT2D eigenvalue weighted by Crippen LogP contribution is 2.37. The average molecular weight is 517 g/mol. The first kappa shape index (κ1) is 26.5. The van der Waals surface area contributed by atoms with E-state index >= 15 is 0 Å². The van der Waals surface area contributed by atoms with Crippen LogP contribution in [0, 0.1) is 18.8 Å². The van der Waals surface area contributed by atoms with Crippen molar-refractivity contribution in [2.45, 2.75) is 64.2 Å². The number of likely N-dealkylation sites (tertiary alicyclic amines) is 1. The van der Waals surface area contributed by atoms with Crippen LogP contribution in [0.25, 0.3) is 0 Å². The molecule has 1 saturated heterocycles. The van der Waals surface area contributed by atoms with Crippen LogP contribution in [0.2, 0.25) is 10.0 Å². The molecule has 1 fully saturated rings. The smallest absolute Gasteiger partial charge is 0.306 e. The zero-order valence-electron chi connectivity index (χ0n) is 20.3. The minimum absolute atomic E-state index is 0.0312. The van der Waals surface area contributed by atoms with E-state index < -0.39 is 10.4 Å². The molecule has 184 valence electrons. The first-order valence-electron chi connectivity index (χ1n) is 11.7. The van der Waals surface area contributed by atoms with Gasteiger partial charge in [-0.05, 0) is 92.9 Å². The molecular formula is C24H37Cl2N4O2S+. The van der Waals surface area contributed by atoms with Crippen molar-refractivity contribution in [3.8, 4) is 0 Å². The third kappa shape index (κ3) is 6.73. The summed E-state index contributed by atoms with van der Waals surface area (Å²) in [6.45, 7) is 8.38. The van der Waals surface area contributed by atoms with Gasteiger partial charge < -0.3 is 4.90 Å². The van der Waals surface area contributed by atoms with Crippen LogP contribution >= 0.6 is 23.2 Å². The quantitative estimate of drug-likeness (QED) is 0.386. The minimum Gasteiger partial charge on any atom is -0.306 e. The van der Waals surface area contributed by atoms with Gasteiger partial charge >= 0.3 is 10.4 Å². The molecule has 9 heteroatoms. The molecule has 6 nitrogen and oxygen atoms in total.